The van der Waals surface area contributed by atoms with Crippen LogP contribution in [0.25, 0.3) is 0 Å². The first-order valence-electron chi connectivity index (χ1n) is 5.60. The monoisotopic (exact) mass is 277 g/mol. The number of anilines is 1. The molecule has 5 nitrogen and oxygen atoms in total. The molecule has 0 saturated heterocycles. The highest BCUT2D eigenvalue weighted by Crippen LogP contribution is 2.22. The van der Waals surface area contributed by atoms with Gasteiger partial charge in [0, 0.05) is 13.0 Å². The summed E-state index contributed by atoms with van der Waals surface area (Å²) in [5.41, 5.74) is 0.860. The molecular formula is C11H14F3N3O2. The fraction of sp³-hybridized carbons (Fsp3) is 0.545. The summed E-state index contributed by atoms with van der Waals surface area (Å²) in [4.78, 5) is 11.1. The highest BCUT2D eigenvalue weighted by Gasteiger charge is 2.26. The van der Waals surface area contributed by atoms with Gasteiger partial charge in [-0.05, 0) is 25.8 Å². The minimum absolute atomic E-state index is 0.00206. The van der Waals surface area contributed by atoms with Crippen LogP contribution >= 0.6 is 0 Å². The molecule has 0 spiro atoms. The second kappa shape index (κ2) is 5.85. The lowest BCUT2D eigenvalue weighted by Crippen LogP contribution is -2.15. The maximum Gasteiger partial charge on any atom is 0.389 e. The number of nitrogens with zero attached hydrogens (tertiary/aromatic N) is 2. The molecule has 0 fully saturated rings. The molecule has 0 saturated carbocycles. The van der Waals surface area contributed by atoms with E-state index in [4.69, 9.17) is 5.11 Å². The normalized spacial score (nSPS) is 11.4. The van der Waals surface area contributed by atoms with Gasteiger partial charge < -0.3 is 10.4 Å². The van der Waals surface area contributed by atoms with Crippen molar-refractivity contribution in [3.05, 3.63) is 16.8 Å². The summed E-state index contributed by atoms with van der Waals surface area (Å²) in [6.07, 6.45) is -5.30. The van der Waals surface area contributed by atoms with Crippen LogP contribution in [0.2, 0.25) is 0 Å². The maximum absolute atomic E-state index is 12.0. The first-order valence-corrected chi connectivity index (χ1v) is 5.60. The summed E-state index contributed by atoms with van der Waals surface area (Å²) in [7, 11) is 0. The molecular weight excluding hydrogens is 263 g/mol. The van der Waals surface area contributed by atoms with Crippen LogP contribution in [0.5, 0.6) is 0 Å². The van der Waals surface area contributed by atoms with E-state index in [1.54, 1.807) is 13.8 Å². The lowest BCUT2D eigenvalue weighted by Gasteiger charge is -2.11. The van der Waals surface area contributed by atoms with Gasteiger partial charge in [-0.3, -0.25) is 0 Å². The first-order chi connectivity index (χ1) is 8.72. The molecule has 0 atom stereocenters. The summed E-state index contributed by atoms with van der Waals surface area (Å²) in [5.74, 6) is -1.19. The second-order valence-corrected chi connectivity index (χ2v) is 4.08. The number of carbonyl (C=O) groups is 1. The summed E-state index contributed by atoms with van der Waals surface area (Å²) in [6, 6.07) is 0. The van der Waals surface area contributed by atoms with Gasteiger partial charge in [-0.15, -0.1) is 5.10 Å². The molecule has 0 aliphatic heterocycles. The van der Waals surface area contributed by atoms with Crippen molar-refractivity contribution >= 4 is 11.8 Å². The van der Waals surface area contributed by atoms with Crippen molar-refractivity contribution in [2.75, 3.05) is 11.9 Å². The van der Waals surface area contributed by atoms with Crippen molar-refractivity contribution in [3.63, 3.8) is 0 Å². The molecule has 0 bridgehead atoms. The third-order valence-electron chi connectivity index (χ3n) is 2.60. The van der Waals surface area contributed by atoms with Gasteiger partial charge >= 0.3 is 12.1 Å². The SMILES string of the molecule is Cc1nnc(NCCCC(F)(F)F)c(C(=O)O)c1C. The van der Waals surface area contributed by atoms with E-state index in [0.29, 0.717) is 11.3 Å². The van der Waals surface area contributed by atoms with Crippen molar-refractivity contribution in [1.82, 2.24) is 10.2 Å². The van der Waals surface area contributed by atoms with E-state index in [2.05, 4.69) is 15.5 Å². The van der Waals surface area contributed by atoms with Gasteiger partial charge in [0.1, 0.15) is 5.56 Å². The van der Waals surface area contributed by atoms with Crippen LogP contribution in [0, 0.1) is 13.8 Å². The Labute approximate surface area is 107 Å². The average molecular weight is 277 g/mol. The molecule has 0 unspecified atom stereocenters. The lowest BCUT2D eigenvalue weighted by atomic mass is 10.1. The van der Waals surface area contributed by atoms with Crippen molar-refractivity contribution < 1.29 is 23.1 Å². The Hall–Kier alpha value is -1.86. The van der Waals surface area contributed by atoms with Crippen molar-refractivity contribution in [3.8, 4) is 0 Å². The summed E-state index contributed by atoms with van der Waals surface area (Å²) in [6.45, 7) is 3.17. The fourth-order valence-electron chi connectivity index (χ4n) is 1.49. The van der Waals surface area contributed by atoms with Crippen molar-refractivity contribution in [2.24, 2.45) is 0 Å². The van der Waals surface area contributed by atoms with Crippen LogP contribution in [0.15, 0.2) is 0 Å². The number of aromatic nitrogens is 2. The molecule has 0 amide bonds. The maximum atomic E-state index is 12.0. The van der Waals surface area contributed by atoms with Gasteiger partial charge in [-0.1, -0.05) is 0 Å². The molecule has 106 valence electrons. The van der Waals surface area contributed by atoms with Crippen LogP contribution in [0.4, 0.5) is 19.0 Å². The number of hydrogen-bond donors (Lipinski definition) is 2. The number of carboxylic acids is 1. The van der Waals surface area contributed by atoms with Gasteiger partial charge in [0.05, 0.1) is 5.69 Å². The van der Waals surface area contributed by atoms with Crippen molar-refractivity contribution in [1.29, 1.82) is 0 Å². The van der Waals surface area contributed by atoms with Gasteiger partial charge in [0.15, 0.2) is 5.82 Å². The number of rotatable bonds is 5. The number of hydrogen-bond acceptors (Lipinski definition) is 4. The lowest BCUT2D eigenvalue weighted by molar-refractivity contribution is -0.134. The Morgan fingerprint density at radius 3 is 2.47 bits per heavy atom. The van der Waals surface area contributed by atoms with Crippen LogP contribution in [0.1, 0.15) is 34.5 Å². The van der Waals surface area contributed by atoms with Crippen LogP contribution in [0.3, 0.4) is 0 Å². The highest BCUT2D eigenvalue weighted by molar-refractivity contribution is 5.94. The number of halogens is 3. The average Bonchev–Trinajstić information content (AvgIpc) is 2.27. The van der Waals surface area contributed by atoms with E-state index < -0.39 is 18.6 Å². The number of aryl methyl sites for hydroxylation is 1. The summed E-state index contributed by atoms with van der Waals surface area (Å²) >= 11 is 0. The molecule has 0 aliphatic carbocycles. The first kappa shape index (κ1) is 15.2. The van der Waals surface area contributed by atoms with Crippen LogP contribution < -0.4 is 5.32 Å². The molecule has 2 N–H and O–H groups in total. The third-order valence-corrected chi connectivity index (χ3v) is 2.60. The molecule has 8 heteroatoms. The molecule has 1 aromatic heterocycles. The van der Waals surface area contributed by atoms with E-state index >= 15 is 0 Å². The Bertz CT molecular complexity index is 475. The smallest absolute Gasteiger partial charge is 0.389 e. The van der Waals surface area contributed by atoms with Crippen LogP contribution in [-0.4, -0.2) is 34.0 Å². The molecule has 1 heterocycles. The van der Waals surface area contributed by atoms with E-state index in [0.717, 1.165) is 0 Å². The number of alkyl halides is 3. The van der Waals surface area contributed by atoms with E-state index in [9.17, 15) is 18.0 Å². The predicted molar refractivity (Wildman–Crippen MR) is 62.2 cm³/mol. The van der Waals surface area contributed by atoms with E-state index in [-0.39, 0.29) is 24.3 Å². The molecule has 0 radical (unpaired) electrons. The highest BCUT2D eigenvalue weighted by atomic mass is 19.4. The number of carboxylic acid groups (broad SMARTS) is 1. The van der Waals surface area contributed by atoms with Crippen molar-refractivity contribution in [2.45, 2.75) is 32.9 Å². The second-order valence-electron chi connectivity index (χ2n) is 4.08. The molecule has 0 aromatic carbocycles. The molecule has 1 aromatic rings. The summed E-state index contributed by atoms with van der Waals surface area (Å²) in [5, 5.41) is 19.1. The minimum Gasteiger partial charge on any atom is -0.478 e. The van der Waals surface area contributed by atoms with Crippen LogP contribution in [-0.2, 0) is 0 Å². The fourth-order valence-corrected chi connectivity index (χ4v) is 1.49. The van der Waals surface area contributed by atoms with Gasteiger partial charge in [0.2, 0.25) is 0 Å². The Morgan fingerprint density at radius 1 is 1.32 bits per heavy atom. The number of nitrogens with one attached hydrogen (secondary N) is 1. The predicted octanol–water partition coefficient (Wildman–Crippen LogP) is 2.55. The molecule has 1 rings (SSSR count). The molecule has 19 heavy (non-hydrogen) atoms. The zero-order valence-corrected chi connectivity index (χ0v) is 10.5. The largest absolute Gasteiger partial charge is 0.478 e. The Kier molecular flexibility index (Phi) is 4.68. The van der Waals surface area contributed by atoms with Gasteiger partial charge in [0.25, 0.3) is 0 Å². The zero-order valence-electron chi connectivity index (χ0n) is 10.5. The Morgan fingerprint density at radius 2 is 1.95 bits per heavy atom. The standard InChI is InChI=1S/C11H14F3N3O2/c1-6-7(2)16-17-9(8(6)10(18)19)15-5-3-4-11(12,13)14/h3-5H2,1-2H3,(H,15,17)(H,18,19). The topological polar surface area (TPSA) is 75.1 Å². The third kappa shape index (κ3) is 4.38. The van der Waals surface area contributed by atoms with Gasteiger partial charge in [-0.2, -0.15) is 18.3 Å². The zero-order chi connectivity index (χ0) is 14.6. The minimum atomic E-state index is -4.22. The molecule has 0 aliphatic rings. The van der Waals surface area contributed by atoms with Gasteiger partial charge in [-0.25, -0.2) is 4.79 Å². The number of aromatic carboxylic acids is 1. The Balaban J connectivity index is 2.74. The summed E-state index contributed by atoms with van der Waals surface area (Å²) < 4.78 is 35.9. The van der Waals surface area contributed by atoms with E-state index in [1.807, 2.05) is 0 Å². The quantitative estimate of drug-likeness (QED) is 0.809. The van der Waals surface area contributed by atoms with E-state index in [1.165, 1.54) is 0 Å².